The fourth-order valence-electron chi connectivity index (χ4n) is 2.27. The third-order valence-corrected chi connectivity index (χ3v) is 3.56. The summed E-state index contributed by atoms with van der Waals surface area (Å²) in [6.45, 7) is 12.8. The molecule has 0 aromatic carbocycles. The Labute approximate surface area is 121 Å². The summed E-state index contributed by atoms with van der Waals surface area (Å²) >= 11 is 6.07. The Morgan fingerprint density at radius 1 is 1.21 bits per heavy atom. The zero-order chi connectivity index (χ0) is 14.4. The molecular formula is C14H25ClN4. The largest absolute Gasteiger partial charge is 0.368 e. The highest BCUT2D eigenvalue weighted by atomic mass is 35.5. The second kappa shape index (κ2) is 7.65. The van der Waals surface area contributed by atoms with Crippen molar-refractivity contribution in [1.29, 1.82) is 0 Å². The minimum absolute atomic E-state index is 0.543. The van der Waals surface area contributed by atoms with E-state index in [1.54, 1.807) is 0 Å². The molecule has 1 aromatic heterocycles. The van der Waals surface area contributed by atoms with Gasteiger partial charge in [0.1, 0.15) is 17.3 Å². The topological polar surface area (TPSA) is 41.1 Å². The zero-order valence-corrected chi connectivity index (χ0v) is 13.3. The Morgan fingerprint density at radius 2 is 1.84 bits per heavy atom. The molecule has 0 aliphatic carbocycles. The van der Waals surface area contributed by atoms with Crippen molar-refractivity contribution in [1.82, 2.24) is 14.9 Å². The zero-order valence-electron chi connectivity index (χ0n) is 12.6. The molecule has 4 nitrogen and oxygen atoms in total. The molecule has 0 unspecified atom stereocenters. The Hall–Kier alpha value is -0.870. The van der Waals surface area contributed by atoms with E-state index in [1.165, 1.54) is 6.33 Å². The van der Waals surface area contributed by atoms with Crippen molar-refractivity contribution >= 4 is 17.4 Å². The Morgan fingerprint density at radius 3 is 2.37 bits per heavy atom. The molecule has 0 aliphatic heterocycles. The summed E-state index contributed by atoms with van der Waals surface area (Å²) in [4.78, 5) is 10.7. The lowest BCUT2D eigenvalue weighted by Gasteiger charge is -2.30. The van der Waals surface area contributed by atoms with E-state index in [1.807, 2.05) is 0 Å². The lowest BCUT2D eigenvalue weighted by atomic mass is 10.2. The second-order valence-corrected chi connectivity index (χ2v) is 5.56. The minimum atomic E-state index is 0.543. The average Bonchev–Trinajstić information content (AvgIpc) is 2.33. The molecule has 108 valence electrons. The third kappa shape index (κ3) is 4.62. The lowest BCUT2D eigenvalue weighted by Crippen LogP contribution is -2.40. The normalized spacial score (nSPS) is 11.6. The van der Waals surface area contributed by atoms with Crippen molar-refractivity contribution in [3.8, 4) is 0 Å². The van der Waals surface area contributed by atoms with Crippen LogP contribution in [0.3, 0.4) is 0 Å². The van der Waals surface area contributed by atoms with Gasteiger partial charge >= 0.3 is 0 Å². The molecule has 1 heterocycles. The van der Waals surface area contributed by atoms with Gasteiger partial charge in [0.05, 0.1) is 0 Å². The van der Waals surface area contributed by atoms with E-state index in [9.17, 15) is 0 Å². The maximum absolute atomic E-state index is 6.07. The number of nitrogens with zero attached hydrogens (tertiary/aromatic N) is 3. The van der Waals surface area contributed by atoms with Gasteiger partial charge in [-0.2, -0.15) is 0 Å². The Kier molecular flexibility index (Phi) is 6.52. The summed E-state index contributed by atoms with van der Waals surface area (Å²) in [6, 6.07) is 1.09. The summed E-state index contributed by atoms with van der Waals surface area (Å²) in [5.41, 5.74) is 0.991. The first-order valence-electron chi connectivity index (χ1n) is 6.96. The Bertz CT molecular complexity index is 385. The molecule has 1 rings (SSSR count). The average molecular weight is 285 g/mol. The van der Waals surface area contributed by atoms with Crippen LogP contribution in [-0.4, -0.2) is 40.0 Å². The van der Waals surface area contributed by atoms with Gasteiger partial charge < -0.3 is 5.32 Å². The van der Waals surface area contributed by atoms with E-state index >= 15 is 0 Å². The first kappa shape index (κ1) is 16.2. The summed E-state index contributed by atoms with van der Waals surface area (Å²) in [6.07, 6.45) is 2.34. The van der Waals surface area contributed by atoms with Crippen LogP contribution in [0.15, 0.2) is 6.33 Å². The summed E-state index contributed by atoms with van der Waals surface area (Å²) in [5.74, 6) is 0.856. The summed E-state index contributed by atoms with van der Waals surface area (Å²) in [5, 5.41) is 3.91. The molecule has 5 heteroatoms. The fourth-order valence-corrected chi connectivity index (χ4v) is 2.54. The molecule has 0 atom stereocenters. The number of rotatable bonds is 7. The molecule has 0 radical (unpaired) electrons. The SMILES string of the molecule is CCc1c(Cl)ncnc1NCCN(C(C)C)C(C)C. The van der Waals surface area contributed by atoms with E-state index in [-0.39, 0.29) is 0 Å². The highest BCUT2D eigenvalue weighted by Crippen LogP contribution is 2.19. The lowest BCUT2D eigenvalue weighted by molar-refractivity contribution is 0.182. The van der Waals surface area contributed by atoms with Crippen LogP contribution in [0.2, 0.25) is 5.15 Å². The maximum Gasteiger partial charge on any atom is 0.137 e. The maximum atomic E-state index is 6.07. The Balaban J connectivity index is 2.60. The highest BCUT2D eigenvalue weighted by Gasteiger charge is 2.13. The van der Waals surface area contributed by atoms with E-state index < -0.39 is 0 Å². The second-order valence-electron chi connectivity index (χ2n) is 5.20. The summed E-state index contributed by atoms with van der Waals surface area (Å²) < 4.78 is 0. The first-order chi connectivity index (χ1) is 8.97. The van der Waals surface area contributed by atoms with Crippen LogP contribution in [0.4, 0.5) is 5.82 Å². The van der Waals surface area contributed by atoms with E-state index in [4.69, 9.17) is 11.6 Å². The number of nitrogens with one attached hydrogen (secondary N) is 1. The van der Waals surface area contributed by atoms with Gasteiger partial charge in [-0.3, -0.25) is 4.90 Å². The number of hydrogen-bond donors (Lipinski definition) is 1. The van der Waals surface area contributed by atoms with Gasteiger partial charge in [0.25, 0.3) is 0 Å². The van der Waals surface area contributed by atoms with Gasteiger partial charge in [-0.05, 0) is 34.1 Å². The van der Waals surface area contributed by atoms with Crippen molar-refractivity contribution in [2.45, 2.75) is 53.1 Å². The van der Waals surface area contributed by atoms with Gasteiger partial charge in [0.2, 0.25) is 0 Å². The van der Waals surface area contributed by atoms with Crippen molar-refractivity contribution in [3.05, 3.63) is 17.0 Å². The van der Waals surface area contributed by atoms with Crippen LogP contribution in [0.5, 0.6) is 0 Å². The highest BCUT2D eigenvalue weighted by molar-refractivity contribution is 6.30. The molecule has 1 N–H and O–H groups in total. The smallest absolute Gasteiger partial charge is 0.137 e. The first-order valence-corrected chi connectivity index (χ1v) is 7.34. The van der Waals surface area contributed by atoms with E-state index in [0.717, 1.165) is 30.9 Å². The van der Waals surface area contributed by atoms with Gasteiger partial charge in [-0.1, -0.05) is 18.5 Å². The van der Waals surface area contributed by atoms with Gasteiger partial charge in [0.15, 0.2) is 0 Å². The number of anilines is 1. The number of halogens is 1. The number of aromatic nitrogens is 2. The standard InChI is InChI=1S/C14H25ClN4/c1-6-12-13(15)17-9-18-14(12)16-7-8-19(10(2)3)11(4)5/h9-11H,6-8H2,1-5H3,(H,16,17,18). The minimum Gasteiger partial charge on any atom is -0.368 e. The van der Waals surface area contributed by atoms with Gasteiger partial charge in [-0.15, -0.1) is 0 Å². The van der Waals surface area contributed by atoms with Gasteiger partial charge in [-0.25, -0.2) is 9.97 Å². The molecular weight excluding hydrogens is 260 g/mol. The fraction of sp³-hybridized carbons (Fsp3) is 0.714. The van der Waals surface area contributed by atoms with Crippen LogP contribution >= 0.6 is 11.6 Å². The van der Waals surface area contributed by atoms with Crippen LogP contribution in [-0.2, 0) is 6.42 Å². The van der Waals surface area contributed by atoms with Gasteiger partial charge in [0, 0.05) is 30.7 Å². The molecule has 19 heavy (non-hydrogen) atoms. The van der Waals surface area contributed by atoms with Crippen LogP contribution in [0.1, 0.15) is 40.2 Å². The van der Waals surface area contributed by atoms with Crippen LogP contribution in [0.25, 0.3) is 0 Å². The monoisotopic (exact) mass is 284 g/mol. The number of hydrogen-bond acceptors (Lipinski definition) is 4. The van der Waals surface area contributed by atoms with E-state index in [2.05, 4.69) is 54.8 Å². The molecule has 0 amide bonds. The van der Waals surface area contributed by atoms with Crippen LogP contribution in [0, 0.1) is 0 Å². The molecule has 0 saturated heterocycles. The summed E-state index contributed by atoms with van der Waals surface area (Å²) in [7, 11) is 0. The van der Waals surface area contributed by atoms with Crippen LogP contribution < -0.4 is 5.32 Å². The molecule has 0 spiro atoms. The predicted octanol–water partition coefficient (Wildman–Crippen LogP) is 3.22. The van der Waals surface area contributed by atoms with E-state index in [0.29, 0.717) is 17.2 Å². The molecule has 1 aromatic rings. The van der Waals surface area contributed by atoms with Crippen molar-refractivity contribution < 1.29 is 0 Å². The molecule has 0 fully saturated rings. The van der Waals surface area contributed by atoms with Crippen molar-refractivity contribution in [2.75, 3.05) is 18.4 Å². The third-order valence-electron chi connectivity index (χ3n) is 3.24. The molecule has 0 saturated carbocycles. The predicted molar refractivity (Wildman–Crippen MR) is 81.9 cm³/mol. The molecule has 0 aliphatic rings. The van der Waals surface area contributed by atoms with Crippen molar-refractivity contribution in [2.24, 2.45) is 0 Å². The quantitative estimate of drug-likeness (QED) is 0.781. The molecule has 0 bridgehead atoms. The van der Waals surface area contributed by atoms with Crippen molar-refractivity contribution in [3.63, 3.8) is 0 Å².